The van der Waals surface area contributed by atoms with Crippen LogP contribution in [0.1, 0.15) is 13.3 Å². The number of para-hydroxylation sites is 2. The molecule has 0 spiro atoms. The summed E-state index contributed by atoms with van der Waals surface area (Å²) in [6, 6.07) is 7.45. The smallest absolute Gasteiger partial charge is 0.335 e. The minimum atomic E-state index is -0.237. The number of nitrogens with two attached hydrogens (primary N) is 1. The normalized spacial score (nSPS) is 18.2. The summed E-state index contributed by atoms with van der Waals surface area (Å²) in [7, 11) is 0. The van der Waals surface area contributed by atoms with Gasteiger partial charge in [0.1, 0.15) is 0 Å². The predicted octanol–water partition coefficient (Wildman–Crippen LogP) is 1.90. The van der Waals surface area contributed by atoms with Crippen molar-refractivity contribution in [3.63, 3.8) is 0 Å². The van der Waals surface area contributed by atoms with Crippen LogP contribution in [0.25, 0.3) is 0 Å². The molecule has 2 rings (SSSR count). The standard InChI is InChI=1S/C12H14N2O2/c1-8(9-6-7-16-12(9)15)14-11-5-3-2-4-10(11)13/h2-5,14H,6-7,13H2,1H3. The van der Waals surface area contributed by atoms with Crippen LogP contribution in [-0.2, 0) is 9.53 Å². The maximum Gasteiger partial charge on any atom is 0.335 e. The molecule has 84 valence electrons. The zero-order valence-electron chi connectivity index (χ0n) is 9.12. The Morgan fingerprint density at radius 2 is 2.19 bits per heavy atom. The van der Waals surface area contributed by atoms with E-state index in [1.54, 1.807) is 0 Å². The number of nitrogen functional groups attached to an aromatic ring is 1. The lowest BCUT2D eigenvalue weighted by molar-refractivity contribution is -0.135. The van der Waals surface area contributed by atoms with Gasteiger partial charge in [-0.2, -0.15) is 0 Å². The van der Waals surface area contributed by atoms with Gasteiger partial charge < -0.3 is 15.8 Å². The largest absolute Gasteiger partial charge is 0.462 e. The van der Waals surface area contributed by atoms with Gasteiger partial charge in [0.05, 0.1) is 23.6 Å². The molecule has 0 aliphatic carbocycles. The second kappa shape index (κ2) is 4.26. The van der Waals surface area contributed by atoms with E-state index in [1.807, 2.05) is 31.2 Å². The van der Waals surface area contributed by atoms with Crippen molar-refractivity contribution in [3.8, 4) is 0 Å². The van der Waals surface area contributed by atoms with Gasteiger partial charge in [-0.15, -0.1) is 0 Å². The molecule has 0 radical (unpaired) electrons. The summed E-state index contributed by atoms with van der Waals surface area (Å²) in [5, 5.41) is 3.14. The first-order valence-corrected chi connectivity index (χ1v) is 5.17. The number of carbonyl (C=O) groups excluding carboxylic acids is 1. The molecular formula is C12H14N2O2. The van der Waals surface area contributed by atoms with Gasteiger partial charge in [-0.1, -0.05) is 12.1 Å². The molecule has 0 bridgehead atoms. The topological polar surface area (TPSA) is 64.3 Å². The van der Waals surface area contributed by atoms with Gasteiger partial charge in [-0.3, -0.25) is 0 Å². The summed E-state index contributed by atoms with van der Waals surface area (Å²) < 4.78 is 4.89. The summed E-state index contributed by atoms with van der Waals surface area (Å²) in [5.41, 5.74) is 8.78. The first-order chi connectivity index (χ1) is 7.68. The quantitative estimate of drug-likeness (QED) is 0.452. The molecule has 0 amide bonds. The van der Waals surface area contributed by atoms with Crippen LogP contribution in [0, 0.1) is 0 Å². The number of cyclic esters (lactones) is 1. The molecule has 1 fully saturated rings. The highest BCUT2D eigenvalue weighted by molar-refractivity contribution is 5.91. The fourth-order valence-corrected chi connectivity index (χ4v) is 1.66. The van der Waals surface area contributed by atoms with Gasteiger partial charge in [-0.25, -0.2) is 4.79 Å². The predicted molar refractivity (Wildman–Crippen MR) is 62.8 cm³/mol. The summed E-state index contributed by atoms with van der Waals surface area (Å²) >= 11 is 0. The Morgan fingerprint density at radius 1 is 1.44 bits per heavy atom. The second-order valence-electron chi connectivity index (χ2n) is 3.70. The Hall–Kier alpha value is -1.97. The van der Waals surface area contributed by atoms with E-state index < -0.39 is 0 Å². The number of benzene rings is 1. The molecule has 0 unspecified atom stereocenters. The Bertz CT molecular complexity index is 452. The second-order valence-corrected chi connectivity index (χ2v) is 3.70. The zero-order chi connectivity index (χ0) is 11.5. The van der Waals surface area contributed by atoms with Gasteiger partial charge in [0.15, 0.2) is 0 Å². The molecule has 4 heteroatoms. The van der Waals surface area contributed by atoms with Crippen molar-refractivity contribution in [3.05, 3.63) is 35.5 Å². The number of carbonyl (C=O) groups is 1. The van der Waals surface area contributed by atoms with E-state index in [1.165, 1.54) is 0 Å². The van der Waals surface area contributed by atoms with Gasteiger partial charge in [0.25, 0.3) is 0 Å². The lowest BCUT2D eigenvalue weighted by atomic mass is 10.1. The van der Waals surface area contributed by atoms with E-state index in [-0.39, 0.29) is 5.97 Å². The number of esters is 1. The Kier molecular flexibility index (Phi) is 2.81. The molecule has 0 saturated carbocycles. The molecule has 0 aromatic heterocycles. The van der Waals surface area contributed by atoms with Crippen LogP contribution in [0.5, 0.6) is 0 Å². The number of nitrogens with one attached hydrogen (secondary N) is 1. The molecular weight excluding hydrogens is 204 g/mol. The fourth-order valence-electron chi connectivity index (χ4n) is 1.66. The van der Waals surface area contributed by atoms with E-state index in [0.717, 1.165) is 11.4 Å². The average Bonchev–Trinajstić information content (AvgIpc) is 2.68. The maximum absolute atomic E-state index is 11.3. The van der Waals surface area contributed by atoms with Crippen molar-refractivity contribution >= 4 is 17.3 Å². The molecule has 1 aliphatic rings. The van der Waals surface area contributed by atoms with Crippen molar-refractivity contribution in [2.75, 3.05) is 17.7 Å². The Morgan fingerprint density at radius 3 is 2.81 bits per heavy atom. The lowest BCUT2D eigenvalue weighted by Gasteiger charge is -2.10. The Labute approximate surface area is 94.1 Å². The summed E-state index contributed by atoms with van der Waals surface area (Å²) in [4.78, 5) is 11.3. The van der Waals surface area contributed by atoms with E-state index >= 15 is 0 Å². The molecule has 1 aromatic rings. The van der Waals surface area contributed by atoms with Crippen LogP contribution in [0.3, 0.4) is 0 Å². The van der Waals surface area contributed by atoms with Crippen LogP contribution in [0.4, 0.5) is 11.4 Å². The van der Waals surface area contributed by atoms with Crippen molar-refractivity contribution in [1.82, 2.24) is 0 Å². The number of anilines is 2. The SMILES string of the molecule is CC(Nc1ccccc1N)=C1CCOC1=O. The summed E-state index contributed by atoms with van der Waals surface area (Å²) in [6.45, 7) is 2.33. The zero-order valence-corrected chi connectivity index (χ0v) is 9.12. The number of hydrogen-bond donors (Lipinski definition) is 2. The van der Waals surface area contributed by atoms with Crippen LogP contribution in [-0.4, -0.2) is 12.6 Å². The van der Waals surface area contributed by atoms with Crippen molar-refractivity contribution in [2.45, 2.75) is 13.3 Å². The summed E-state index contributed by atoms with van der Waals surface area (Å²) in [6.07, 6.45) is 0.657. The first-order valence-electron chi connectivity index (χ1n) is 5.17. The first kappa shape index (κ1) is 10.5. The van der Waals surface area contributed by atoms with Crippen LogP contribution < -0.4 is 11.1 Å². The minimum absolute atomic E-state index is 0.237. The maximum atomic E-state index is 11.3. The van der Waals surface area contributed by atoms with Crippen LogP contribution >= 0.6 is 0 Å². The van der Waals surface area contributed by atoms with Crippen molar-refractivity contribution < 1.29 is 9.53 Å². The van der Waals surface area contributed by atoms with Crippen molar-refractivity contribution in [2.24, 2.45) is 0 Å². The van der Waals surface area contributed by atoms with Gasteiger partial charge >= 0.3 is 5.97 Å². The summed E-state index contributed by atoms with van der Waals surface area (Å²) in [5.74, 6) is -0.237. The van der Waals surface area contributed by atoms with Gasteiger partial charge in [0.2, 0.25) is 0 Å². The van der Waals surface area contributed by atoms with Crippen LogP contribution in [0.2, 0.25) is 0 Å². The number of rotatable bonds is 2. The molecule has 1 saturated heterocycles. The third-order valence-corrected chi connectivity index (χ3v) is 2.57. The highest BCUT2D eigenvalue weighted by atomic mass is 16.5. The molecule has 3 N–H and O–H groups in total. The fraction of sp³-hybridized carbons (Fsp3) is 0.250. The highest BCUT2D eigenvalue weighted by Gasteiger charge is 2.21. The van der Waals surface area contributed by atoms with Crippen molar-refractivity contribution in [1.29, 1.82) is 0 Å². The third kappa shape index (κ3) is 2.00. The van der Waals surface area contributed by atoms with Gasteiger partial charge in [0, 0.05) is 12.1 Å². The van der Waals surface area contributed by atoms with Crippen LogP contribution in [0.15, 0.2) is 35.5 Å². The molecule has 0 atom stereocenters. The van der Waals surface area contributed by atoms with Gasteiger partial charge in [-0.05, 0) is 19.1 Å². The molecule has 16 heavy (non-hydrogen) atoms. The van der Waals surface area contributed by atoms with E-state index in [2.05, 4.69) is 5.32 Å². The number of allylic oxidation sites excluding steroid dienone is 1. The lowest BCUT2D eigenvalue weighted by Crippen LogP contribution is -2.06. The monoisotopic (exact) mass is 218 g/mol. The van der Waals surface area contributed by atoms with E-state index in [0.29, 0.717) is 24.3 Å². The number of ether oxygens (including phenoxy) is 1. The van der Waals surface area contributed by atoms with E-state index in [4.69, 9.17) is 10.5 Å². The number of hydrogen-bond acceptors (Lipinski definition) is 4. The molecule has 1 aliphatic heterocycles. The third-order valence-electron chi connectivity index (χ3n) is 2.57. The highest BCUT2D eigenvalue weighted by Crippen LogP contribution is 2.23. The molecule has 4 nitrogen and oxygen atoms in total. The van der Waals surface area contributed by atoms with E-state index in [9.17, 15) is 4.79 Å². The average molecular weight is 218 g/mol. The molecule has 1 aromatic carbocycles. The minimum Gasteiger partial charge on any atom is -0.462 e. The Balaban J connectivity index is 2.22. The molecule has 1 heterocycles.